The molecule has 2 fully saturated rings. The number of rotatable bonds is 2. The van der Waals surface area contributed by atoms with Gasteiger partial charge in [-0.3, -0.25) is 4.57 Å². The fraction of sp³-hybridized carbons (Fsp3) is 1.00. The van der Waals surface area contributed by atoms with Gasteiger partial charge in [0.05, 0.1) is 0 Å². The van der Waals surface area contributed by atoms with E-state index >= 15 is 0 Å². The maximum Gasteiger partial charge on any atom is 0.206 e. The molecule has 2 rings (SSSR count). The van der Waals surface area contributed by atoms with Crippen molar-refractivity contribution in [1.82, 2.24) is 0 Å². The molecule has 0 radical (unpaired) electrons. The zero-order valence-electron chi connectivity index (χ0n) is 10.4. The summed E-state index contributed by atoms with van der Waals surface area (Å²) >= 11 is 0. The first-order valence-electron chi connectivity index (χ1n) is 6.93. The second-order valence-corrected chi connectivity index (χ2v) is 8.70. The molecule has 0 aliphatic heterocycles. The quantitative estimate of drug-likeness (QED) is 0.740. The van der Waals surface area contributed by atoms with Crippen LogP contribution in [0.1, 0.15) is 64.7 Å². The van der Waals surface area contributed by atoms with Crippen LogP contribution >= 0.6 is 7.37 Å². The van der Waals surface area contributed by atoms with E-state index in [1.165, 1.54) is 12.8 Å². The Bertz CT molecular complexity index is 271. The standard InChI is InChI=1S/C13H25O2P/c1-11-6-5-9-13(10-11)16(14,15)12-7-3-2-4-8-12/h11-13H,2-10H2,1H3,(H,14,15). The maximum atomic E-state index is 12.6. The smallest absolute Gasteiger partial charge is 0.206 e. The van der Waals surface area contributed by atoms with Crippen molar-refractivity contribution in [1.29, 1.82) is 0 Å². The molecule has 2 aliphatic rings. The van der Waals surface area contributed by atoms with Crippen LogP contribution in [0, 0.1) is 5.92 Å². The minimum Gasteiger partial charge on any atom is -0.344 e. The predicted molar refractivity (Wildman–Crippen MR) is 68.1 cm³/mol. The molecule has 16 heavy (non-hydrogen) atoms. The van der Waals surface area contributed by atoms with Crippen molar-refractivity contribution < 1.29 is 9.46 Å². The van der Waals surface area contributed by atoms with Crippen LogP contribution in [0.15, 0.2) is 0 Å². The predicted octanol–water partition coefficient (Wildman–Crippen LogP) is 4.17. The lowest BCUT2D eigenvalue weighted by Gasteiger charge is -2.36. The van der Waals surface area contributed by atoms with E-state index in [-0.39, 0.29) is 11.3 Å². The van der Waals surface area contributed by atoms with Crippen molar-refractivity contribution in [3.05, 3.63) is 0 Å². The molecule has 2 nitrogen and oxygen atoms in total. The van der Waals surface area contributed by atoms with Gasteiger partial charge in [0.2, 0.25) is 7.37 Å². The van der Waals surface area contributed by atoms with E-state index in [1.807, 2.05) is 0 Å². The van der Waals surface area contributed by atoms with Crippen LogP contribution < -0.4 is 0 Å². The molecule has 3 unspecified atom stereocenters. The van der Waals surface area contributed by atoms with Gasteiger partial charge in [-0.15, -0.1) is 0 Å². The first-order valence-corrected chi connectivity index (χ1v) is 8.72. The van der Waals surface area contributed by atoms with Crippen LogP contribution in [-0.2, 0) is 4.57 Å². The zero-order valence-corrected chi connectivity index (χ0v) is 11.3. The van der Waals surface area contributed by atoms with Crippen LogP contribution in [0.25, 0.3) is 0 Å². The van der Waals surface area contributed by atoms with E-state index in [0.717, 1.165) is 44.9 Å². The van der Waals surface area contributed by atoms with E-state index < -0.39 is 7.37 Å². The lowest BCUT2D eigenvalue weighted by molar-refractivity contribution is 0.345. The third-order valence-electron chi connectivity index (χ3n) is 4.53. The highest BCUT2D eigenvalue weighted by Gasteiger charge is 2.40. The minimum atomic E-state index is -2.88. The Labute approximate surface area is 99.3 Å². The Balaban J connectivity index is 2.01. The lowest BCUT2D eigenvalue weighted by Crippen LogP contribution is -2.25. The van der Waals surface area contributed by atoms with Gasteiger partial charge in [0.15, 0.2) is 0 Å². The Morgan fingerprint density at radius 1 is 0.938 bits per heavy atom. The Morgan fingerprint density at radius 3 is 2.19 bits per heavy atom. The van der Waals surface area contributed by atoms with Gasteiger partial charge in [-0.1, -0.05) is 39.0 Å². The molecule has 0 aromatic heterocycles. The summed E-state index contributed by atoms with van der Waals surface area (Å²) in [6.07, 6.45) is 9.98. The molecule has 2 aliphatic carbocycles. The first-order chi connectivity index (χ1) is 7.60. The van der Waals surface area contributed by atoms with Crippen molar-refractivity contribution in [2.75, 3.05) is 0 Å². The molecule has 3 heteroatoms. The Kier molecular flexibility index (Phi) is 4.13. The summed E-state index contributed by atoms with van der Waals surface area (Å²) in [6.45, 7) is 2.23. The van der Waals surface area contributed by atoms with Crippen LogP contribution in [0.5, 0.6) is 0 Å². The van der Waals surface area contributed by atoms with Crippen LogP contribution in [0.4, 0.5) is 0 Å². The van der Waals surface area contributed by atoms with Crippen molar-refractivity contribution in [3.8, 4) is 0 Å². The fourth-order valence-electron chi connectivity index (χ4n) is 3.49. The van der Waals surface area contributed by atoms with Gasteiger partial charge in [0, 0.05) is 11.3 Å². The molecule has 0 amide bonds. The molecule has 0 aromatic carbocycles. The summed E-state index contributed by atoms with van der Waals surface area (Å²) in [5.41, 5.74) is 0.260. The summed E-state index contributed by atoms with van der Waals surface area (Å²) in [7, 11) is -2.88. The Morgan fingerprint density at radius 2 is 1.56 bits per heavy atom. The molecule has 0 aromatic rings. The van der Waals surface area contributed by atoms with Gasteiger partial charge in [-0.05, 0) is 31.6 Å². The van der Waals surface area contributed by atoms with E-state index in [2.05, 4.69) is 6.92 Å². The molecule has 1 N–H and O–H groups in total. The largest absolute Gasteiger partial charge is 0.344 e. The normalized spacial score (nSPS) is 36.9. The van der Waals surface area contributed by atoms with Gasteiger partial charge < -0.3 is 4.89 Å². The average molecular weight is 244 g/mol. The molecule has 0 heterocycles. The molecule has 0 spiro atoms. The highest BCUT2D eigenvalue weighted by atomic mass is 31.2. The third kappa shape index (κ3) is 2.71. The van der Waals surface area contributed by atoms with Crippen LogP contribution in [0.2, 0.25) is 0 Å². The average Bonchev–Trinajstić information content (AvgIpc) is 2.30. The highest BCUT2D eigenvalue weighted by Crippen LogP contribution is 2.59. The van der Waals surface area contributed by atoms with Crippen molar-refractivity contribution in [2.45, 2.75) is 76.0 Å². The summed E-state index contributed by atoms with van der Waals surface area (Å²) in [5.74, 6) is 0.655. The zero-order chi connectivity index (χ0) is 11.6. The van der Waals surface area contributed by atoms with Crippen molar-refractivity contribution in [2.24, 2.45) is 5.92 Å². The number of hydrogen-bond acceptors (Lipinski definition) is 1. The van der Waals surface area contributed by atoms with Crippen molar-refractivity contribution >= 4 is 7.37 Å². The van der Waals surface area contributed by atoms with E-state index in [4.69, 9.17) is 0 Å². The van der Waals surface area contributed by atoms with E-state index in [0.29, 0.717) is 5.92 Å². The molecular weight excluding hydrogens is 219 g/mol. The van der Waals surface area contributed by atoms with Crippen LogP contribution in [0.3, 0.4) is 0 Å². The first kappa shape index (κ1) is 12.6. The minimum absolute atomic E-state index is 0.124. The highest BCUT2D eigenvalue weighted by molar-refractivity contribution is 7.59. The molecule has 0 bridgehead atoms. The van der Waals surface area contributed by atoms with Crippen molar-refractivity contribution in [3.63, 3.8) is 0 Å². The summed E-state index contributed by atoms with van der Waals surface area (Å²) in [5, 5.41) is 0. The maximum absolute atomic E-state index is 12.6. The van der Waals surface area contributed by atoms with Gasteiger partial charge >= 0.3 is 0 Å². The molecule has 94 valence electrons. The van der Waals surface area contributed by atoms with E-state index in [1.54, 1.807) is 0 Å². The Hall–Kier alpha value is 0.190. The van der Waals surface area contributed by atoms with Gasteiger partial charge in [-0.25, -0.2) is 0 Å². The third-order valence-corrected chi connectivity index (χ3v) is 7.61. The molecule has 2 saturated carbocycles. The van der Waals surface area contributed by atoms with Gasteiger partial charge in [0.25, 0.3) is 0 Å². The second-order valence-electron chi connectivity index (χ2n) is 5.89. The summed E-state index contributed by atoms with van der Waals surface area (Å²) in [4.78, 5) is 10.4. The van der Waals surface area contributed by atoms with Gasteiger partial charge in [0.1, 0.15) is 0 Å². The summed E-state index contributed by atoms with van der Waals surface area (Å²) < 4.78 is 12.6. The second kappa shape index (κ2) is 5.23. The fourth-order valence-corrected chi connectivity index (χ4v) is 6.40. The topological polar surface area (TPSA) is 37.3 Å². The van der Waals surface area contributed by atoms with Gasteiger partial charge in [-0.2, -0.15) is 0 Å². The monoisotopic (exact) mass is 244 g/mol. The number of hydrogen-bond donors (Lipinski definition) is 1. The molecular formula is C13H25O2P. The van der Waals surface area contributed by atoms with Crippen LogP contribution in [-0.4, -0.2) is 16.2 Å². The van der Waals surface area contributed by atoms with E-state index in [9.17, 15) is 9.46 Å². The molecule has 0 saturated heterocycles. The lowest BCUT2D eigenvalue weighted by atomic mass is 9.90. The SMILES string of the molecule is CC1CCCC(P(=O)(O)C2CCCCC2)C1. The summed E-state index contributed by atoms with van der Waals surface area (Å²) in [6, 6.07) is 0. The molecule has 3 atom stereocenters.